The second-order valence-electron chi connectivity index (χ2n) is 6.18. The summed E-state index contributed by atoms with van der Waals surface area (Å²) < 4.78 is 13.3. The molecule has 2 aliphatic rings. The Bertz CT molecular complexity index is 599. The highest BCUT2D eigenvalue weighted by atomic mass is 19.1. The molecule has 3 rings (SSSR count). The van der Waals surface area contributed by atoms with Crippen LogP contribution >= 0.6 is 0 Å². The number of carbonyl (C=O) groups excluding carboxylic acids is 2. The van der Waals surface area contributed by atoms with Gasteiger partial charge in [-0.25, -0.2) is 4.98 Å². The van der Waals surface area contributed by atoms with Gasteiger partial charge in [-0.1, -0.05) is 6.07 Å². The van der Waals surface area contributed by atoms with E-state index in [1.54, 1.807) is 12.1 Å². The first-order chi connectivity index (χ1) is 11.0. The lowest BCUT2D eigenvalue weighted by molar-refractivity contribution is -0.138. The summed E-state index contributed by atoms with van der Waals surface area (Å²) in [5.41, 5.74) is 0. The summed E-state index contributed by atoms with van der Waals surface area (Å²) in [6.07, 6.45) is 1.03. The molecule has 0 spiro atoms. The van der Waals surface area contributed by atoms with Crippen molar-refractivity contribution in [2.75, 3.05) is 31.1 Å². The molecule has 124 valence electrons. The van der Waals surface area contributed by atoms with E-state index in [4.69, 9.17) is 0 Å². The van der Waals surface area contributed by atoms with Crippen LogP contribution in [-0.4, -0.2) is 53.9 Å². The van der Waals surface area contributed by atoms with Crippen molar-refractivity contribution in [3.05, 3.63) is 24.1 Å². The zero-order valence-electron chi connectivity index (χ0n) is 13.2. The standard InChI is InChI=1S/C16H21FN4O2/c1-11-10-20(16(23)12-5-6-15(22)18-9-12)7-8-21(11)14-4-2-3-13(17)19-14/h2-4,11-12H,5-10H2,1H3,(H,18,22). The second kappa shape index (κ2) is 6.52. The molecule has 2 aliphatic heterocycles. The Morgan fingerprint density at radius 1 is 1.39 bits per heavy atom. The van der Waals surface area contributed by atoms with Gasteiger partial charge in [0.15, 0.2) is 0 Å². The Hall–Kier alpha value is -2.18. The molecule has 1 N–H and O–H groups in total. The molecule has 0 bridgehead atoms. The monoisotopic (exact) mass is 320 g/mol. The molecule has 6 nitrogen and oxygen atoms in total. The highest BCUT2D eigenvalue weighted by molar-refractivity contribution is 5.84. The number of rotatable bonds is 2. The number of piperazine rings is 1. The van der Waals surface area contributed by atoms with Gasteiger partial charge in [0.05, 0.1) is 5.92 Å². The van der Waals surface area contributed by atoms with E-state index >= 15 is 0 Å². The third-order valence-electron chi connectivity index (χ3n) is 4.55. The number of anilines is 1. The SMILES string of the molecule is CC1CN(C(=O)C2CCC(=O)NC2)CCN1c1cccc(F)n1. The third kappa shape index (κ3) is 3.43. The molecule has 3 heterocycles. The molecule has 0 saturated carbocycles. The van der Waals surface area contributed by atoms with Crippen LogP contribution in [-0.2, 0) is 9.59 Å². The summed E-state index contributed by atoms with van der Waals surface area (Å²) in [5, 5.41) is 2.76. The third-order valence-corrected chi connectivity index (χ3v) is 4.55. The predicted octanol–water partition coefficient (Wildman–Crippen LogP) is 0.784. The average Bonchev–Trinajstić information content (AvgIpc) is 2.55. The van der Waals surface area contributed by atoms with Crippen LogP contribution in [0.3, 0.4) is 0 Å². The quantitative estimate of drug-likeness (QED) is 0.818. The summed E-state index contributed by atoms with van der Waals surface area (Å²) in [4.78, 5) is 31.6. The van der Waals surface area contributed by atoms with Crippen LogP contribution in [0.25, 0.3) is 0 Å². The molecule has 23 heavy (non-hydrogen) atoms. The fourth-order valence-corrected chi connectivity index (χ4v) is 3.26. The van der Waals surface area contributed by atoms with Gasteiger partial charge in [-0.05, 0) is 25.5 Å². The molecule has 0 aliphatic carbocycles. The summed E-state index contributed by atoms with van der Waals surface area (Å²) in [6.45, 7) is 4.24. The lowest BCUT2D eigenvalue weighted by Gasteiger charge is -2.42. The molecule has 2 amide bonds. The van der Waals surface area contributed by atoms with Gasteiger partial charge < -0.3 is 15.1 Å². The van der Waals surface area contributed by atoms with Gasteiger partial charge in [0, 0.05) is 38.6 Å². The number of nitrogens with one attached hydrogen (secondary N) is 1. The van der Waals surface area contributed by atoms with Crippen molar-refractivity contribution < 1.29 is 14.0 Å². The number of amides is 2. The topological polar surface area (TPSA) is 65.5 Å². The van der Waals surface area contributed by atoms with Gasteiger partial charge in [0.2, 0.25) is 17.8 Å². The zero-order chi connectivity index (χ0) is 16.4. The number of piperidine rings is 1. The zero-order valence-corrected chi connectivity index (χ0v) is 13.2. The fraction of sp³-hybridized carbons (Fsp3) is 0.562. The van der Waals surface area contributed by atoms with E-state index in [1.165, 1.54) is 6.07 Å². The van der Waals surface area contributed by atoms with Crippen molar-refractivity contribution in [1.29, 1.82) is 0 Å². The minimum Gasteiger partial charge on any atom is -0.355 e. The summed E-state index contributed by atoms with van der Waals surface area (Å²) in [7, 11) is 0. The summed E-state index contributed by atoms with van der Waals surface area (Å²) >= 11 is 0. The van der Waals surface area contributed by atoms with Crippen molar-refractivity contribution in [1.82, 2.24) is 15.2 Å². The molecule has 1 aromatic heterocycles. The first kappa shape index (κ1) is 15.7. The van der Waals surface area contributed by atoms with Crippen molar-refractivity contribution in [3.8, 4) is 0 Å². The van der Waals surface area contributed by atoms with Crippen molar-refractivity contribution in [2.24, 2.45) is 5.92 Å². The number of pyridine rings is 1. The van der Waals surface area contributed by atoms with Crippen LogP contribution in [0.4, 0.5) is 10.2 Å². The smallest absolute Gasteiger partial charge is 0.227 e. The van der Waals surface area contributed by atoms with Crippen LogP contribution in [0, 0.1) is 11.9 Å². The van der Waals surface area contributed by atoms with E-state index in [0.29, 0.717) is 44.8 Å². The Labute approximate surface area is 134 Å². The van der Waals surface area contributed by atoms with Gasteiger partial charge >= 0.3 is 0 Å². The number of carbonyl (C=O) groups is 2. The predicted molar refractivity (Wildman–Crippen MR) is 83.3 cm³/mol. The molecule has 7 heteroatoms. The average molecular weight is 320 g/mol. The van der Waals surface area contributed by atoms with Crippen LogP contribution in [0.15, 0.2) is 18.2 Å². The Balaban J connectivity index is 1.62. The first-order valence-electron chi connectivity index (χ1n) is 7.99. The van der Waals surface area contributed by atoms with Crippen molar-refractivity contribution in [2.45, 2.75) is 25.8 Å². The summed E-state index contributed by atoms with van der Waals surface area (Å²) in [6, 6.07) is 4.83. The highest BCUT2D eigenvalue weighted by Crippen LogP contribution is 2.21. The maximum Gasteiger partial charge on any atom is 0.227 e. The van der Waals surface area contributed by atoms with E-state index in [2.05, 4.69) is 10.3 Å². The minimum atomic E-state index is -0.494. The van der Waals surface area contributed by atoms with Crippen LogP contribution in [0.5, 0.6) is 0 Å². The molecule has 2 atom stereocenters. The number of nitrogens with zero attached hydrogens (tertiary/aromatic N) is 3. The first-order valence-corrected chi connectivity index (χ1v) is 7.99. The Morgan fingerprint density at radius 2 is 2.22 bits per heavy atom. The lowest BCUT2D eigenvalue weighted by atomic mass is 9.97. The van der Waals surface area contributed by atoms with Gasteiger partial charge in [0.1, 0.15) is 5.82 Å². The Morgan fingerprint density at radius 3 is 2.87 bits per heavy atom. The van der Waals surface area contributed by atoms with Gasteiger partial charge in [-0.3, -0.25) is 9.59 Å². The molecule has 2 fully saturated rings. The van der Waals surface area contributed by atoms with E-state index in [0.717, 1.165) is 0 Å². The molecule has 2 unspecified atom stereocenters. The second-order valence-corrected chi connectivity index (χ2v) is 6.18. The summed E-state index contributed by atoms with van der Waals surface area (Å²) in [5.74, 6) is 0.104. The van der Waals surface area contributed by atoms with E-state index in [1.807, 2.05) is 16.7 Å². The fourth-order valence-electron chi connectivity index (χ4n) is 3.26. The molecule has 2 saturated heterocycles. The molecular weight excluding hydrogens is 299 g/mol. The minimum absolute atomic E-state index is 0.0180. The maximum absolute atomic E-state index is 13.3. The molecule has 1 aromatic rings. The van der Waals surface area contributed by atoms with E-state index in [9.17, 15) is 14.0 Å². The van der Waals surface area contributed by atoms with Gasteiger partial charge in [-0.15, -0.1) is 0 Å². The van der Waals surface area contributed by atoms with Crippen molar-refractivity contribution >= 4 is 17.6 Å². The number of aromatic nitrogens is 1. The Kier molecular flexibility index (Phi) is 4.45. The molecular formula is C16H21FN4O2. The number of halogens is 1. The van der Waals surface area contributed by atoms with Crippen LogP contribution in [0.2, 0.25) is 0 Å². The van der Waals surface area contributed by atoms with Crippen LogP contribution in [0.1, 0.15) is 19.8 Å². The maximum atomic E-state index is 13.3. The largest absolute Gasteiger partial charge is 0.355 e. The van der Waals surface area contributed by atoms with Crippen molar-refractivity contribution in [3.63, 3.8) is 0 Å². The van der Waals surface area contributed by atoms with Gasteiger partial charge in [0.25, 0.3) is 0 Å². The normalized spacial score (nSPS) is 25.2. The van der Waals surface area contributed by atoms with Crippen LogP contribution < -0.4 is 10.2 Å². The van der Waals surface area contributed by atoms with E-state index in [-0.39, 0.29) is 23.8 Å². The van der Waals surface area contributed by atoms with E-state index < -0.39 is 5.95 Å². The number of hydrogen-bond acceptors (Lipinski definition) is 4. The molecule has 0 radical (unpaired) electrons. The van der Waals surface area contributed by atoms with Gasteiger partial charge in [-0.2, -0.15) is 4.39 Å². The highest BCUT2D eigenvalue weighted by Gasteiger charge is 2.33. The lowest BCUT2D eigenvalue weighted by Crippen LogP contribution is -2.56. The number of hydrogen-bond donors (Lipinski definition) is 1. The molecule has 0 aromatic carbocycles.